The third-order valence-corrected chi connectivity index (χ3v) is 7.07. The lowest BCUT2D eigenvalue weighted by atomic mass is 10.2. The molecule has 0 atom stereocenters. The lowest BCUT2D eigenvalue weighted by molar-refractivity contribution is 0.415. The summed E-state index contributed by atoms with van der Waals surface area (Å²) >= 11 is 1.34. The highest BCUT2D eigenvalue weighted by molar-refractivity contribution is 7.92. The number of aromatic amines is 1. The zero-order chi connectivity index (χ0) is 22.0. The van der Waals surface area contributed by atoms with E-state index in [4.69, 9.17) is 4.74 Å². The van der Waals surface area contributed by atoms with Gasteiger partial charge in [0, 0.05) is 11.4 Å². The van der Waals surface area contributed by atoms with E-state index in [9.17, 15) is 13.2 Å². The molecule has 0 unspecified atom stereocenters. The summed E-state index contributed by atoms with van der Waals surface area (Å²) in [5, 5.41) is 4.94. The number of H-pyrrole nitrogens is 1. The molecule has 0 saturated heterocycles. The van der Waals surface area contributed by atoms with E-state index in [-0.39, 0.29) is 17.0 Å². The normalized spacial score (nSPS) is 11.4. The molecule has 8 nitrogen and oxygen atoms in total. The van der Waals surface area contributed by atoms with Crippen LogP contribution < -0.4 is 20.3 Å². The summed E-state index contributed by atoms with van der Waals surface area (Å²) in [5.74, 6) is 1.11. The van der Waals surface area contributed by atoms with E-state index in [0.29, 0.717) is 38.7 Å². The Morgan fingerprint density at radius 1 is 1.10 bits per heavy atom. The number of hydrogen-bond donors (Lipinski definition) is 3. The molecule has 160 valence electrons. The Morgan fingerprint density at radius 2 is 1.84 bits per heavy atom. The minimum absolute atomic E-state index is 0.156. The van der Waals surface area contributed by atoms with Gasteiger partial charge >= 0.3 is 0 Å². The van der Waals surface area contributed by atoms with Crippen molar-refractivity contribution in [3.63, 3.8) is 0 Å². The number of rotatable bonds is 7. The maximum Gasteiger partial charge on any atom is 0.268 e. The van der Waals surface area contributed by atoms with Crippen molar-refractivity contribution in [1.29, 1.82) is 0 Å². The molecule has 0 radical (unpaired) electrons. The second kappa shape index (κ2) is 8.40. The number of aromatic nitrogens is 2. The average molecular weight is 457 g/mol. The fourth-order valence-corrected chi connectivity index (χ4v) is 5.12. The van der Waals surface area contributed by atoms with E-state index < -0.39 is 10.0 Å². The maximum atomic E-state index is 12.9. The predicted molar refractivity (Wildman–Crippen MR) is 123 cm³/mol. The number of sulfonamides is 1. The summed E-state index contributed by atoms with van der Waals surface area (Å²) < 4.78 is 34.1. The minimum atomic E-state index is -3.80. The predicted octanol–water partition coefficient (Wildman–Crippen LogP) is 3.71. The lowest BCUT2D eigenvalue weighted by Crippen LogP contribution is -2.15. The van der Waals surface area contributed by atoms with Crippen LogP contribution in [0.25, 0.3) is 10.2 Å². The smallest absolute Gasteiger partial charge is 0.268 e. The number of ether oxygens (including phenoxy) is 1. The summed E-state index contributed by atoms with van der Waals surface area (Å²) in [6.45, 7) is 1.98. The molecule has 2 aromatic carbocycles. The third kappa shape index (κ3) is 4.54. The van der Waals surface area contributed by atoms with E-state index >= 15 is 0 Å². The average Bonchev–Trinajstić information content (AvgIpc) is 3.23. The highest BCUT2D eigenvalue weighted by Gasteiger charge is 2.18. The van der Waals surface area contributed by atoms with Gasteiger partial charge in [-0.05, 0) is 60.3 Å². The number of nitrogens with zero attached hydrogens (tertiary/aromatic N) is 1. The van der Waals surface area contributed by atoms with Crippen LogP contribution in [-0.4, -0.2) is 25.5 Å². The van der Waals surface area contributed by atoms with Crippen LogP contribution in [-0.2, 0) is 16.6 Å². The Bertz CT molecular complexity index is 1390. The standard InChI is InChI=1S/C21H20N4O4S2/c1-13-3-4-15(22-12-19-23-17-9-10-30-20(17)21(26)24-19)11-18(13)31(27,28)25-14-5-7-16(29-2)8-6-14/h3-11,22,25H,12H2,1-2H3,(H,23,24,26). The SMILES string of the molecule is COc1ccc(NS(=O)(=O)c2cc(NCc3nc4ccsc4c(=O)[nH]3)ccc2C)cc1. The van der Waals surface area contributed by atoms with Crippen molar-refractivity contribution in [2.24, 2.45) is 0 Å². The number of fused-ring (bicyclic) bond motifs is 1. The van der Waals surface area contributed by atoms with Crippen LogP contribution in [0.4, 0.5) is 11.4 Å². The quantitative estimate of drug-likeness (QED) is 0.391. The van der Waals surface area contributed by atoms with Crippen LogP contribution in [0.5, 0.6) is 5.75 Å². The Labute approximate surface area is 183 Å². The summed E-state index contributed by atoms with van der Waals surface area (Å²) in [6, 6.07) is 13.5. The Hall–Kier alpha value is -3.37. The van der Waals surface area contributed by atoms with Crippen molar-refractivity contribution in [3.8, 4) is 5.75 Å². The largest absolute Gasteiger partial charge is 0.497 e. The summed E-state index contributed by atoms with van der Waals surface area (Å²) in [4.78, 5) is 19.4. The first kappa shape index (κ1) is 20.9. The molecule has 10 heteroatoms. The van der Waals surface area contributed by atoms with Crippen LogP contribution in [0.1, 0.15) is 11.4 Å². The van der Waals surface area contributed by atoms with Crippen LogP contribution >= 0.6 is 11.3 Å². The summed E-state index contributed by atoms with van der Waals surface area (Å²) in [6.07, 6.45) is 0. The second-order valence-electron chi connectivity index (χ2n) is 6.82. The van der Waals surface area contributed by atoms with Crippen LogP contribution in [0.15, 0.2) is 63.6 Å². The van der Waals surface area contributed by atoms with E-state index in [2.05, 4.69) is 20.0 Å². The molecule has 0 spiro atoms. The molecule has 0 bridgehead atoms. The second-order valence-corrected chi connectivity index (χ2v) is 9.38. The van der Waals surface area contributed by atoms with Gasteiger partial charge in [-0.25, -0.2) is 13.4 Å². The number of benzene rings is 2. The Kier molecular flexibility index (Phi) is 5.66. The lowest BCUT2D eigenvalue weighted by Gasteiger charge is -2.13. The number of aryl methyl sites for hydroxylation is 1. The van der Waals surface area contributed by atoms with Crippen molar-refractivity contribution in [3.05, 3.63) is 75.7 Å². The first-order valence-electron chi connectivity index (χ1n) is 9.33. The van der Waals surface area contributed by atoms with Gasteiger partial charge in [0.1, 0.15) is 16.3 Å². The van der Waals surface area contributed by atoms with E-state index in [1.807, 2.05) is 5.38 Å². The Morgan fingerprint density at radius 3 is 2.58 bits per heavy atom. The molecular formula is C21H20N4O4S2. The van der Waals surface area contributed by atoms with Gasteiger partial charge in [-0.15, -0.1) is 11.3 Å². The molecule has 2 heterocycles. The number of hydrogen-bond acceptors (Lipinski definition) is 7. The van der Waals surface area contributed by atoms with Crippen molar-refractivity contribution >= 4 is 43.0 Å². The molecular weight excluding hydrogens is 436 g/mol. The third-order valence-electron chi connectivity index (χ3n) is 4.64. The molecule has 4 rings (SSSR count). The van der Waals surface area contributed by atoms with Crippen LogP contribution in [0.2, 0.25) is 0 Å². The Balaban J connectivity index is 1.54. The van der Waals surface area contributed by atoms with E-state index in [1.54, 1.807) is 62.6 Å². The van der Waals surface area contributed by atoms with Crippen LogP contribution in [0, 0.1) is 6.92 Å². The minimum Gasteiger partial charge on any atom is -0.497 e. The van der Waals surface area contributed by atoms with Gasteiger partial charge in [-0.1, -0.05) is 6.07 Å². The molecule has 2 aromatic heterocycles. The first-order chi connectivity index (χ1) is 14.9. The van der Waals surface area contributed by atoms with E-state index in [0.717, 1.165) is 0 Å². The summed E-state index contributed by atoms with van der Waals surface area (Å²) in [5.41, 5.74) is 2.09. The van der Waals surface area contributed by atoms with Gasteiger partial charge in [0.2, 0.25) is 0 Å². The fourth-order valence-electron chi connectivity index (χ4n) is 3.06. The molecule has 0 amide bonds. The van der Waals surface area contributed by atoms with E-state index in [1.165, 1.54) is 11.3 Å². The molecule has 0 aliphatic carbocycles. The van der Waals surface area contributed by atoms with Crippen molar-refractivity contribution in [2.45, 2.75) is 18.4 Å². The van der Waals surface area contributed by atoms with Crippen molar-refractivity contribution in [2.75, 3.05) is 17.1 Å². The molecule has 4 aromatic rings. The van der Waals surface area contributed by atoms with Gasteiger partial charge < -0.3 is 15.0 Å². The van der Waals surface area contributed by atoms with Gasteiger partial charge in [-0.3, -0.25) is 9.52 Å². The van der Waals surface area contributed by atoms with Crippen LogP contribution in [0.3, 0.4) is 0 Å². The van der Waals surface area contributed by atoms with Crippen molar-refractivity contribution < 1.29 is 13.2 Å². The maximum absolute atomic E-state index is 12.9. The highest BCUT2D eigenvalue weighted by atomic mass is 32.2. The van der Waals surface area contributed by atoms with Gasteiger partial charge in [-0.2, -0.15) is 0 Å². The number of anilines is 2. The number of methoxy groups -OCH3 is 1. The molecule has 0 fully saturated rings. The zero-order valence-electron chi connectivity index (χ0n) is 16.8. The highest BCUT2D eigenvalue weighted by Crippen LogP contribution is 2.24. The molecule has 0 aliphatic heterocycles. The van der Waals surface area contributed by atoms with Gasteiger partial charge in [0.05, 0.1) is 24.1 Å². The van der Waals surface area contributed by atoms with Crippen molar-refractivity contribution in [1.82, 2.24) is 9.97 Å². The summed E-state index contributed by atoms with van der Waals surface area (Å²) in [7, 11) is -2.25. The monoisotopic (exact) mass is 456 g/mol. The first-order valence-corrected chi connectivity index (χ1v) is 11.7. The molecule has 31 heavy (non-hydrogen) atoms. The fraction of sp³-hybridized carbons (Fsp3) is 0.143. The number of thiophene rings is 1. The molecule has 3 N–H and O–H groups in total. The molecule has 0 aliphatic rings. The topological polar surface area (TPSA) is 113 Å². The zero-order valence-corrected chi connectivity index (χ0v) is 18.4. The van der Waals surface area contributed by atoms with Gasteiger partial charge in [0.15, 0.2) is 0 Å². The number of nitrogens with one attached hydrogen (secondary N) is 3. The molecule has 0 saturated carbocycles. The van der Waals surface area contributed by atoms with Gasteiger partial charge in [0.25, 0.3) is 15.6 Å².